The maximum atomic E-state index is 12.9. The van der Waals surface area contributed by atoms with Gasteiger partial charge < -0.3 is 24.6 Å². The van der Waals surface area contributed by atoms with Crippen LogP contribution >= 0.6 is 0 Å². The molecular weight excluding hydrogens is 382 g/mol. The number of carbonyl (C=O) groups excluding carboxylic acids is 2. The highest BCUT2D eigenvalue weighted by atomic mass is 16.5. The lowest BCUT2D eigenvalue weighted by Gasteiger charge is -2.36. The molecule has 2 amide bonds. The predicted octanol–water partition coefficient (Wildman–Crippen LogP) is 1.83. The molecule has 0 bridgehead atoms. The molecule has 1 aromatic carbocycles. The molecule has 0 aromatic heterocycles. The molecule has 2 rings (SSSR count). The van der Waals surface area contributed by atoms with E-state index < -0.39 is 0 Å². The fourth-order valence-electron chi connectivity index (χ4n) is 4.07. The first-order valence-corrected chi connectivity index (χ1v) is 11.1. The molecule has 1 unspecified atom stereocenters. The van der Waals surface area contributed by atoms with Crippen molar-refractivity contribution in [3.63, 3.8) is 0 Å². The number of ether oxygens (including phenoxy) is 2. The van der Waals surface area contributed by atoms with E-state index in [1.807, 2.05) is 32.7 Å². The maximum absolute atomic E-state index is 12.9. The first-order valence-electron chi connectivity index (χ1n) is 11.1. The third-order valence-electron chi connectivity index (χ3n) is 5.56. The number of piperidine rings is 1. The van der Waals surface area contributed by atoms with Crippen molar-refractivity contribution in [2.75, 3.05) is 45.2 Å². The first-order chi connectivity index (χ1) is 14.2. The second-order valence-electron chi connectivity index (χ2n) is 8.51. The summed E-state index contributed by atoms with van der Waals surface area (Å²) in [6, 6.07) is 5.09. The quantitative estimate of drug-likeness (QED) is 0.639. The average Bonchev–Trinajstić information content (AvgIpc) is 2.68. The van der Waals surface area contributed by atoms with Crippen molar-refractivity contribution in [1.82, 2.24) is 4.90 Å². The largest absolute Gasteiger partial charge is 0.490 e. The molecule has 7 heteroatoms. The van der Waals surface area contributed by atoms with Crippen molar-refractivity contribution in [2.24, 2.45) is 11.8 Å². The molecule has 1 heterocycles. The molecule has 2 N–H and O–H groups in total. The molecule has 4 atom stereocenters. The van der Waals surface area contributed by atoms with Crippen molar-refractivity contribution < 1.29 is 24.0 Å². The van der Waals surface area contributed by atoms with Gasteiger partial charge in [0.15, 0.2) is 24.1 Å². The number of hydrogen-bond acceptors (Lipinski definition) is 4. The minimum absolute atomic E-state index is 0.124. The van der Waals surface area contributed by atoms with E-state index in [-0.39, 0.29) is 24.4 Å². The number of quaternary nitrogens is 1. The van der Waals surface area contributed by atoms with E-state index in [1.54, 1.807) is 18.2 Å². The molecule has 1 fully saturated rings. The number of benzene rings is 1. The van der Waals surface area contributed by atoms with E-state index in [4.69, 9.17) is 9.47 Å². The van der Waals surface area contributed by atoms with E-state index >= 15 is 0 Å². The third-order valence-corrected chi connectivity index (χ3v) is 5.56. The monoisotopic (exact) mass is 420 g/mol. The Morgan fingerprint density at radius 2 is 1.73 bits per heavy atom. The lowest BCUT2D eigenvalue weighted by molar-refractivity contribution is -0.886. The lowest BCUT2D eigenvalue weighted by atomic mass is 9.91. The zero-order valence-corrected chi connectivity index (χ0v) is 19.3. The molecule has 1 saturated heterocycles. The van der Waals surface area contributed by atoms with Gasteiger partial charge in [0.1, 0.15) is 0 Å². The van der Waals surface area contributed by atoms with Gasteiger partial charge in [-0.2, -0.15) is 0 Å². The molecule has 1 aromatic rings. The van der Waals surface area contributed by atoms with Gasteiger partial charge in [-0.25, -0.2) is 0 Å². The van der Waals surface area contributed by atoms with Crippen LogP contribution in [0.1, 0.15) is 41.0 Å². The van der Waals surface area contributed by atoms with Crippen LogP contribution in [0.2, 0.25) is 0 Å². The van der Waals surface area contributed by atoms with Gasteiger partial charge in [0.05, 0.1) is 20.3 Å². The number of carbonyl (C=O) groups is 2. The SMILES string of the molecule is CCOc1ccc(NC(=O)C[NH+](C)[C@@H](C)C(=O)N2C[C@H](C)C[C@H](C)C2)cc1OCC. The fraction of sp³-hybridized carbons (Fsp3) is 0.652. The number of likely N-dealkylation sites (tertiary alicyclic amines) is 1. The van der Waals surface area contributed by atoms with Gasteiger partial charge in [-0.3, -0.25) is 9.59 Å². The Kier molecular flexibility index (Phi) is 8.96. The highest BCUT2D eigenvalue weighted by molar-refractivity contribution is 5.92. The Labute approximate surface area is 180 Å². The minimum Gasteiger partial charge on any atom is -0.490 e. The summed E-state index contributed by atoms with van der Waals surface area (Å²) in [6.07, 6.45) is 1.16. The van der Waals surface area contributed by atoms with E-state index in [9.17, 15) is 9.59 Å². The topological polar surface area (TPSA) is 72.3 Å². The molecule has 1 aliphatic heterocycles. The van der Waals surface area contributed by atoms with Crippen LogP contribution in [-0.4, -0.2) is 62.7 Å². The van der Waals surface area contributed by atoms with Crippen molar-refractivity contribution in [1.29, 1.82) is 0 Å². The predicted molar refractivity (Wildman–Crippen MR) is 118 cm³/mol. The van der Waals surface area contributed by atoms with Gasteiger partial charge in [0, 0.05) is 24.8 Å². The van der Waals surface area contributed by atoms with Crippen LogP contribution in [0.4, 0.5) is 5.69 Å². The van der Waals surface area contributed by atoms with Crippen molar-refractivity contribution >= 4 is 17.5 Å². The Morgan fingerprint density at radius 1 is 1.13 bits per heavy atom. The van der Waals surface area contributed by atoms with Crippen LogP contribution in [0.3, 0.4) is 0 Å². The van der Waals surface area contributed by atoms with Gasteiger partial charge in [-0.15, -0.1) is 0 Å². The summed E-state index contributed by atoms with van der Waals surface area (Å²) in [7, 11) is 1.89. The first kappa shape index (κ1) is 24.0. The summed E-state index contributed by atoms with van der Waals surface area (Å²) >= 11 is 0. The Bertz CT molecular complexity index is 714. The van der Waals surface area contributed by atoms with Crippen LogP contribution < -0.4 is 19.7 Å². The van der Waals surface area contributed by atoms with Crippen LogP contribution in [-0.2, 0) is 9.59 Å². The second-order valence-corrected chi connectivity index (χ2v) is 8.51. The fourth-order valence-corrected chi connectivity index (χ4v) is 4.07. The van der Waals surface area contributed by atoms with Gasteiger partial charge in [0.2, 0.25) is 0 Å². The number of anilines is 1. The van der Waals surface area contributed by atoms with Crippen LogP contribution in [0.15, 0.2) is 18.2 Å². The normalized spacial score (nSPS) is 20.9. The Morgan fingerprint density at radius 3 is 2.33 bits per heavy atom. The van der Waals surface area contributed by atoms with Gasteiger partial charge in [-0.1, -0.05) is 13.8 Å². The van der Waals surface area contributed by atoms with Crippen molar-refractivity contribution in [3.05, 3.63) is 18.2 Å². The molecule has 1 aliphatic rings. The number of likely N-dealkylation sites (N-methyl/N-ethyl adjacent to an activating group) is 1. The standard InChI is InChI=1S/C23H37N3O4/c1-7-29-20-10-9-19(12-21(20)30-8-2)24-22(27)15-25(6)18(5)23(28)26-13-16(3)11-17(4)14-26/h9-10,12,16-18H,7-8,11,13-15H2,1-6H3,(H,24,27)/p+1/t16-,17+,18-/m0/s1. The lowest BCUT2D eigenvalue weighted by Crippen LogP contribution is -3.15. The number of amides is 2. The second kappa shape index (κ2) is 11.2. The molecule has 168 valence electrons. The number of hydrogen-bond donors (Lipinski definition) is 2. The zero-order valence-electron chi connectivity index (χ0n) is 19.3. The smallest absolute Gasteiger partial charge is 0.280 e. The van der Waals surface area contributed by atoms with Crippen molar-refractivity contribution in [3.8, 4) is 11.5 Å². The highest BCUT2D eigenvalue weighted by Crippen LogP contribution is 2.30. The van der Waals surface area contributed by atoms with Crippen molar-refractivity contribution in [2.45, 2.75) is 47.1 Å². The Hall–Kier alpha value is -2.28. The van der Waals surface area contributed by atoms with Gasteiger partial charge >= 0.3 is 0 Å². The Balaban J connectivity index is 1.95. The van der Waals surface area contributed by atoms with Crippen LogP contribution in [0.5, 0.6) is 11.5 Å². The van der Waals surface area contributed by atoms with E-state index in [2.05, 4.69) is 19.2 Å². The summed E-state index contributed by atoms with van der Waals surface area (Å²) < 4.78 is 11.2. The molecule has 0 radical (unpaired) electrons. The number of nitrogens with zero attached hydrogens (tertiary/aromatic N) is 1. The number of rotatable bonds is 9. The van der Waals surface area contributed by atoms with E-state index in [0.717, 1.165) is 24.4 Å². The summed E-state index contributed by atoms with van der Waals surface area (Å²) in [4.78, 5) is 28.3. The van der Waals surface area contributed by atoms with E-state index in [1.165, 1.54) is 0 Å². The molecule has 0 spiro atoms. The maximum Gasteiger partial charge on any atom is 0.280 e. The number of nitrogens with one attached hydrogen (secondary N) is 2. The molecule has 0 aliphatic carbocycles. The van der Waals surface area contributed by atoms with Gasteiger partial charge in [0.25, 0.3) is 11.8 Å². The van der Waals surface area contributed by atoms with Crippen LogP contribution in [0, 0.1) is 11.8 Å². The van der Waals surface area contributed by atoms with E-state index in [0.29, 0.717) is 42.2 Å². The molecule has 7 nitrogen and oxygen atoms in total. The third kappa shape index (κ3) is 6.62. The summed E-state index contributed by atoms with van der Waals surface area (Å²) in [6.45, 7) is 13.0. The zero-order chi connectivity index (χ0) is 22.3. The summed E-state index contributed by atoms with van der Waals surface area (Å²) in [5, 5.41) is 2.91. The molecule has 0 saturated carbocycles. The molecule has 30 heavy (non-hydrogen) atoms. The van der Waals surface area contributed by atoms with Crippen LogP contribution in [0.25, 0.3) is 0 Å². The minimum atomic E-state index is -0.271. The molecular formula is C23H38N3O4+. The average molecular weight is 421 g/mol. The summed E-state index contributed by atoms with van der Waals surface area (Å²) in [5.74, 6) is 2.29. The highest BCUT2D eigenvalue weighted by Gasteiger charge is 2.32. The van der Waals surface area contributed by atoms with Gasteiger partial charge in [-0.05, 0) is 51.2 Å². The summed E-state index contributed by atoms with van der Waals surface area (Å²) in [5.41, 5.74) is 0.650.